The summed E-state index contributed by atoms with van der Waals surface area (Å²) in [6, 6.07) is 8.80. The Kier molecular flexibility index (Phi) is 4.81. The number of amides is 1. The number of carbonyl (C=O) groups excluding carboxylic acids is 1. The molecule has 1 fully saturated rings. The Morgan fingerprint density at radius 3 is 2.92 bits per heavy atom. The Hall–Kier alpha value is -2.14. The van der Waals surface area contributed by atoms with Crippen LogP contribution in [0.5, 0.6) is 0 Å². The average molecular weight is 368 g/mol. The Morgan fingerprint density at radius 1 is 1.31 bits per heavy atom. The van der Waals surface area contributed by atoms with Crippen LogP contribution in [-0.4, -0.2) is 21.8 Å². The molecule has 2 aromatic heterocycles. The van der Waals surface area contributed by atoms with Gasteiger partial charge in [-0.2, -0.15) is 0 Å². The van der Waals surface area contributed by atoms with E-state index >= 15 is 0 Å². The molecule has 1 N–H and O–H groups in total. The summed E-state index contributed by atoms with van der Waals surface area (Å²) < 4.78 is 1.97. The number of nitrogens with zero attached hydrogens (tertiary/aromatic N) is 2. The van der Waals surface area contributed by atoms with Crippen molar-refractivity contribution in [3.63, 3.8) is 0 Å². The standard InChI is InChI=1S/C21H25N3OS/c1-16-6-5-7-17(12-16)21(8-3-2-4-9-21)15-22-19(25)13-18-14-24-10-11-26-20(24)23-18/h5-7,10-12,14H,2-4,8-9,13,15H2,1H3,(H,22,25). The summed E-state index contributed by atoms with van der Waals surface area (Å²) in [5.74, 6) is 0.0633. The highest BCUT2D eigenvalue weighted by atomic mass is 32.1. The molecule has 0 saturated heterocycles. The van der Waals surface area contributed by atoms with E-state index in [1.165, 1.54) is 30.4 Å². The maximum absolute atomic E-state index is 12.5. The van der Waals surface area contributed by atoms with Gasteiger partial charge in [-0.3, -0.25) is 9.20 Å². The first kappa shape index (κ1) is 17.3. The van der Waals surface area contributed by atoms with E-state index in [1.807, 2.05) is 22.2 Å². The van der Waals surface area contributed by atoms with Crippen molar-refractivity contribution in [3.8, 4) is 0 Å². The predicted octanol–water partition coefficient (Wildman–Crippen LogP) is 4.27. The highest BCUT2D eigenvalue weighted by Crippen LogP contribution is 2.39. The fraction of sp³-hybridized carbons (Fsp3) is 0.429. The number of aromatic nitrogens is 2. The average Bonchev–Trinajstić information content (AvgIpc) is 3.22. The molecule has 1 amide bonds. The molecule has 26 heavy (non-hydrogen) atoms. The fourth-order valence-electron chi connectivity index (χ4n) is 4.13. The number of aryl methyl sites for hydroxylation is 1. The number of benzene rings is 1. The molecule has 1 saturated carbocycles. The smallest absolute Gasteiger partial charge is 0.226 e. The number of fused-ring (bicyclic) bond motifs is 1. The quantitative estimate of drug-likeness (QED) is 0.732. The van der Waals surface area contributed by atoms with E-state index in [2.05, 4.69) is 41.5 Å². The van der Waals surface area contributed by atoms with Crippen LogP contribution in [0.3, 0.4) is 0 Å². The van der Waals surface area contributed by atoms with Gasteiger partial charge in [0.25, 0.3) is 0 Å². The molecule has 136 valence electrons. The summed E-state index contributed by atoms with van der Waals surface area (Å²) in [6.07, 6.45) is 10.3. The van der Waals surface area contributed by atoms with Crippen LogP contribution in [0.4, 0.5) is 0 Å². The summed E-state index contributed by atoms with van der Waals surface area (Å²) in [4.78, 5) is 18.0. The van der Waals surface area contributed by atoms with E-state index in [0.29, 0.717) is 6.42 Å². The number of hydrogen-bond donors (Lipinski definition) is 1. The molecule has 0 atom stereocenters. The first-order valence-electron chi connectivity index (χ1n) is 9.40. The molecule has 5 heteroatoms. The molecule has 0 radical (unpaired) electrons. The lowest BCUT2D eigenvalue weighted by Crippen LogP contribution is -2.42. The van der Waals surface area contributed by atoms with Crippen molar-refractivity contribution < 1.29 is 4.79 Å². The monoisotopic (exact) mass is 367 g/mol. The summed E-state index contributed by atoms with van der Waals surface area (Å²) in [5, 5.41) is 5.21. The Labute approximate surface area is 158 Å². The predicted molar refractivity (Wildman–Crippen MR) is 106 cm³/mol. The third-order valence-electron chi connectivity index (χ3n) is 5.55. The maximum Gasteiger partial charge on any atom is 0.226 e. The van der Waals surface area contributed by atoms with Gasteiger partial charge in [-0.05, 0) is 25.3 Å². The number of rotatable bonds is 5. The van der Waals surface area contributed by atoms with Gasteiger partial charge in [-0.15, -0.1) is 11.3 Å². The van der Waals surface area contributed by atoms with Gasteiger partial charge in [-0.1, -0.05) is 49.1 Å². The van der Waals surface area contributed by atoms with E-state index in [4.69, 9.17) is 0 Å². The van der Waals surface area contributed by atoms with Crippen molar-refractivity contribution in [2.24, 2.45) is 0 Å². The zero-order valence-electron chi connectivity index (χ0n) is 15.2. The van der Waals surface area contributed by atoms with Crippen LogP contribution in [-0.2, 0) is 16.6 Å². The van der Waals surface area contributed by atoms with Crippen LogP contribution < -0.4 is 5.32 Å². The lowest BCUT2D eigenvalue weighted by Gasteiger charge is -2.38. The number of carbonyl (C=O) groups is 1. The van der Waals surface area contributed by atoms with E-state index in [0.717, 1.165) is 30.0 Å². The zero-order chi connectivity index (χ0) is 18.0. The second-order valence-corrected chi connectivity index (χ2v) is 8.36. The minimum absolute atomic E-state index is 0.0633. The Balaban J connectivity index is 1.45. The van der Waals surface area contributed by atoms with Crippen LogP contribution in [0.25, 0.3) is 4.96 Å². The van der Waals surface area contributed by atoms with Crippen molar-refractivity contribution in [3.05, 3.63) is 58.9 Å². The minimum atomic E-state index is 0.0633. The first-order chi connectivity index (χ1) is 12.6. The molecule has 1 aliphatic rings. The highest BCUT2D eigenvalue weighted by Gasteiger charge is 2.34. The molecule has 1 aliphatic carbocycles. The van der Waals surface area contributed by atoms with E-state index in [9.17, 15) is 4.79 Å². The van der Waals surface area contributed by atoms with Gasteiger partial charge in [0.05, 0.1) is 12.1 Å². The molecule has 2 heterocycles. The van der Waals surface area contributed by atoms with E-state index in [1.54, 1.807) is 11.3 Å². The van der Waals surface area contributed by atoms with E-state index < -0.39 is 0 Å². The zero-order valence-corrected chi connectivity index (χ0v) is 16.0. The van der Waals surface area contributed by atoms with Gasteiger partial charge >= 0.3 is 0 Å². The number of nitrogens with one attached hydrogen (secondary N) is 1. The molecule has 0 aliphatic heterocycles. The second-order valence-electron chi connectivity index (χ2n) is 7.49. The van der Waals surface area contributed by atoms with Gasteiger partial charge in [0.1, 0.15) is 0 Å². The van der Waals surface area contributed by atoms with Crippen LogP contribution in [0.2, 0.25) is 0 Å². The van der Waals surface area contributed by atoms with Crippen LogP contribution in [0.15, 0.2) is 42.0 Å². The van der Waals surface area contributed by atoms with Gasteiger partial charge in [0.15, 0.2) is 4.96 Å². The maximum atomic E-state index is 12.5. The van der Waals surface area contributed by atoms with Crippen molar-refractivity contribution >= 4 is 22.2 Å². The van der Waals surface area contributed by atoms with Gasteiger partial charge in [0.2, 0.25) is 5.91 Å². The topological polar surface area (TPSA) is 46.4 Å². The fourth-order valence-corrected chi connectivity index (χ4v) is 4.85. The molecule has 0 unspecified atom stereocenters. The second kappa shape index (κ2) is 7.23. The lowest BCUT2D eigenvalue weighted by molar-refractivity contribution is -0.120. The lowest BCUT2D eigenvalue weighted by atomic mass is 9.69. The molecular weight excluding hydrogens is 342 g/mol. The molecule has 4 nitrogen and oxygen atoms in total. The van der Waals surface area contributed by atoms with Crippen molar-refractivity contribution in [1.29, 1.82) is 0 Å². The molecule has 4 rings (SSSR count). The van der Waals surface area contributed by atoms with Crippen molar-refractivity contribution in [1.82, 2.24) is 14.7 Å². The molecule has 0 spiro atoms. The third kappa shape index (κ3) is 3.54. The van der Waals surface area contributed by atoms with Crippen molar-refractivity contribution in [2.75, 3.05) is 6.54 Å². The van der Waals surface area contributed by atoms with Gasteiger partial charge in [-0.25, -0.2) is 4.98 Å². The van der Waals surface area contributed by atoms with Crippen LogP contribution in [0, 0.1) is 6.92 Å². The Morgan fingerprint density at radius 2 is 2.15 bits per heavy atom. The molecule has 0 bridgehead atoms. The Bertz CT molecular complexity index is 876. The van der Waals surface area contributed by atoms with Gasteiger partial charge < -0.3 is 5.32 Å². The van der Waals surface area contributed by atoms with Crippen molar-refractivity contribution in [2.45, 2.75) is 50.9 Å². The number of hydrogen-bond acceptors (Lipinski definition) is 3. The van der Waals surface area contributed by atoms with Crippen LogP contribution >= 0.6 is 11.3 Å². The summed E-state index contributed by atoms with van der Waals surface area (Å²) in [6.45, 7) is 2.86. The summed E-state index contributed by atoms with van der Waals surface area (Å²) >= 11 is 1.59. The number of thiazole rings is 1. The highest BCUT2D eigenvalue weighted by molar-refractivity contribution is 7.15. The largest absolute Gasteiger partial charge is 0.355 e. The van der Waals surface area contributed by atoms with Gasteiger partial charge in [0, 0.05) is 29.7 Å². The first-order valence-corrected chi connectivity index (χ1v) is 10.3. The summed E-state index contributed by atoms with van der Waals surface area (Å²) in [5.41, 5.74) is 3.58. The molecule has 1 aromatic carbocycles. The third-order valence-corrected chi connectivity index (χ3v) is 6.32. The number of imidazole rings is 1. The SMILES string of the molecule is Cc1cccc(C2(CNC(=O)Cc3cn4ccsc4n3)CCCCC2)c1. The minimum Gasteiger partial charge on any atom is -0.355 e. The van der Waals surface area contributed by atoms with E-state index in [-0.39, 0.29) is 11.3 Å². The molecule has 3 aromatic rings. The summed E-state index contributed by atoms with van der Waals surface area (Å²) in [7, 11) is 0. The molecular formula is C21H25N3OS. The van der Waals surface area contributed by atoms with Crippen LogP contribution in [0.1, 0.15) is 48.9 Å². The normalized spacial score (nSPS) is 16.7.